The number of methoxy groups -OCH3 is 2. The van der Waals surface area contributed by atoms with E-state index in [0.717, 1.165) is 24.0 Å². The number of carbonyl (C=O) groups excluding carboxylic acids is 1. The molecule has 122 valence electrons. The summed E-state index contributed by atoms with van der Waals surface area (Å²) >= 11 is 0. The van der Waals surface area contributed by atoms with E-state index in [1.807, 2.05) is 24.4 Å². The van der Waals surface area contributed by atoms with E-state index in [1.54, 1.807) is 32.5 Å². The average Bonchev–Trinajstić information content (AvgIpc) is 2.59. The molecule has 0 amide bonds. The fourth-order valence-corrected chi connectivity index (χ4v) is 2.22. The van der Waals surface area contributed by atoms with Gasteiger partial charge in [0, 0.05) is 12.4 Å². The van der Waals surface area contributed by atoms with Crippen molar-refractivity contribution >= 4 is 5.97 Å². The molecule has 2 aromatic rings. The highest BCUT2D eigenvalue weighted by Crippen LogP contribution is 2.27. The number of hydrogen-bond donors (Lipinski definition) is 0. The number of aromatic nitrogens is 1. The smallest absolute Gasteiger partial charge is 0.310 e. The molecule has 0 aliphatic heterocycles. The molecule has 1 heterocycles. The topological polar surface area (TPSA) is 57.7 Å². The number of ether oxygens (including phenoxy) is 3. The van der Waals surface area contributed by atoms with Gasteiger partial charge in [-0.1, -0.05) is 12.1 Å². The third-order valence-corrected chi connectivity index (χ3v) is 3.39. The predicted molar refractivity (Wildman–Crippen MR) is 86.8 cm³/mol. The number of rotatable bonds is 8. The van der Waals surface area contributed by atoms with Gasteiger partial charge in [-0.2, -0.15) is 0 Å². The van der Waals surface area contributed by atoms with Gasteiger partial charge in [0.1, 0.15) is 0 Å². The number of carbonyl (C=O) groups is 1. The molecule has 0 unspecified atom stereocenters. The predicted octanol–water partition coefficient (Wildman–Crippen LogP) is 2.82. The lowest BCUT2D eigenvalue weighted by molar-refractivity contribution is -0.142. The molecule has 2 rings (SSSR count). The van der Waals surface area contributed by atoms with Gasteiger partial charge in [-0.3, -0.25) is 9.78 Å². The lowest BCUT2D eigenvalue weighted by Crippen LogP contribution is -2.10. The van der Waals surface area contributed by atoms with Gasteiger partial charge in [0.25, 0.3) is 0 Å². The van der Waals surface area contributed by atoms with Crippen LogP contribution >= 0.6 is 0 Å². The Labute approximate surface area is 136 Å². The summed E-state index contributed by atoms with van der Waals surface area (Å²) in [7, 11) is 3.15. The summed E-state index contributed by atoms with van der Waals surface area (Å²) in [5.41, 5.74) is 1.98. The molecule has 1 aromatic carbocycles. The minimum absolute atomic E-state index is 0.216. The number of hydrogen-bond acceptors (Lipinski definition) is 5. The van der Waals surface area contributed by atoms with Crippen molar-refractivity contribution in [1.29, 1.82) is 0 Å². The number of nitrogens with zero attached hydrogens (tertiary/aromatic N) is 1. The Hall–Kier alpha value is -2.56. The average molecular weight is 315 g/mol. The van der Waals surface area contributed by atoms with Gasteiger partial charge in [0.2, 0.25) is 0 Å². The summed E-state index contributed by atoms with van der Waals surface area (Å²) in [5.74, 6) is 0.999. The first-order chi connectivity index (χ1) is 11.2. The molecule has 0 bridgehead atoms. The van der Waals surface area contributed by atoms with Crippen molar-refractivity contribution in [2.45, 2.75) is 19.3 Å². The van der Waals surface area contributed by atoms with Gasteiger partial charge in [-0.25, -0.2) is 0 Å². The Balaban J connectivity index is 1.76. The van der Waals surface area contributed by atoms with Crippen molar-refractivity contribution in [2.24, 2.45) is 0 Å². The van der Waals surface area contributed by atoms with Crippen molar-refractivity contribution in [3.8, 4) is 11.5 Å². The molecule has 0 spiro atoms. The van der Waals surface area contributed by atoms with Crippen molar-refractivity contribution in [1.82, 2.24) is 4.98 Å². The molecule has 0 atom stereocenters. The van der Waals surface area contributed by atoms with Crippen LogP contribution in [0.1, 0.15) is 17.5 Å². The Morgan fingerprint density at radius 3 is 2.61 bits per heavy atom. The first-order valence-electron chi connectivity index (χ1n) is 7.48. The van der Waals surface area contributed by atoms with Crippen molar-refractivity contribution in [3.05, 3.63) is 53.9 Å². The highest BCUT2D eigenvalue weighted by molar-refractivity contribution is 5.73. The van der Waals surface area contributed by atoms with E-state index in [0.29, 0.717) is 18.1 Å². The van der Waals surface area contributed by atoms with Crippen LogP contribution in [0.2, 0.25) is 0 Å². The standard InChI is InChI=1S/C18H21NO4/c1-21-16-8-7-15(11-17(16)22-2)12-18(20)23-10-4-6-14-5-3-9-19-13-14/h3,5,7-9,11,13H,4,6,10,12H2,1-2H3. The van der Waals surface area contributed by atoms with Crippen LogP contribution in [0.4, 0.5) is 0 Å². The van der Waals surface area contributed by atoms with Gasteiger partial charge in [0.15, 0.2) is 11.5 Å². The van der Waals surface area contributed by atoms with Crippen LogP contribution in [0.25, 0.3) is 0 Å². The summed E-state index contributed by atoms with van der Waals surface area (Å²) in [6, 6.07) is 9.31. The molecule has 0 aliphatic rings. The SMILES string of the molecule is COc1ccc(CC(=O)OCCCc2cccnc2)cc1OC. The molecule has 5 nitrogen and oxygen atoms in total. The first-order valence-corrected chi connectivity index (χ1v) is 7.48. The van der Waals surface area contributed by atoms with Crippen LogP contribution in [0.3, 0.4) is 0 Å². The molecule has 23 heavy (non-hydrogen) atoms. The molecule has 1 aromatic heterocycles. The third-order valence-electron chi connectivity index (χ3n) is 3.39. The maximum absolute atomic E-state index is 11.9. The van der Waals surface area contributed by atoms with Crippen LogP contribution in [-0.2, 0) is 22.4 Å². The number of pyridine rings is 1. The quantitative estimate of drug-likeness (QED) is 0.554. The zero-order chi connectivity index (χ0) is 16.5. The van der Waals surface area contributed by atoms with E-state index >= 15 is 0 Å². The minimum Gasteiger partial charge on any atom is -0.493 e. The maximum Gasteiger partial charge on any atom is 0.310 e. The summed E-state index contributed by atoms with van der Waals surface area (Å²) in [4.78, 5) is 15.9. The molecule has 5 heteroatoms. The number of esters is 1. The number of benzene rings is 1. The van der Waals surface area contributed by atoms with Gasteiger partial charge >= 0.3 is 5.97 Å². The highest BCUT2D eigenvalue weighted by Gasteiger charge is 2.09. The molecule has 0 N–H and O–H groups in total. The van der Waals surface area contributed by atoms with Gasteiger partial charge < -0.3 is 14.2 Å². The lowest BCUT2D eigenvalue weighted by Gasteiger charge is -2.09. The van der Waals surface area contributed by atoms with Crippen LogP contribution in [0.5, 0.6) is 11.5 Å². The van der Waals surface area contributed by atoms with Crippen molar-refractivity contribution in [2.75, 3.05) is 20.8 Å². The number of aryl methyl sites for hydroxylation is 1. The van der Waals surface area contributed by atoms with E-state index in [1.165, 1.54) is 0 Å². The molecular weight excluding hydrogens is 294 g/mol. The van der Waals surface area contributed by atoms with E-state index in [4.69, 9.17) is 14.2 Å². The Kier molecular flexibility index (Phi) is 6.41. The molecular formula is C18H21NO4. The second kappa shape index (κ2) is 8.78. The van der Waals surface area contributed by atoms with Gasteiger partial charge in [-0.15, -0.1) is 0 Å². The van der Waals surface area contributed by atoms with E-state index < -0.39 is 0 Å². The summed E-state index contributed by atoms with van der Waals surface area (Å²) in [5, 5.41) is 0. The Bertz CT molecular complexity index is 628. The minimum atomic E-state index is -0.247. The van der Waals surface area contributed by atoms with Crippen LogP contribution in [0.15, 0.2) is 42.7 Å². The molecule has 0 saturated heterocycles. The second-order valence-electron chi connectivity index (χ2n) is 5.05. The Morgan fingerprint density at radius 1 is 1.09 bits per heavy atom. The van der Waals surface area contributed by atoms with Crippen LogP contribution in [-0.4, -0.2) is 31.8 Å². The van der Waals surface area contributed by atoms with E-state index in [9.17, 15) is 4.79 Å². The fourth-order valence-electron chi connectivity index (χ4n) is 2.22. The van der Waals surface area contributed by atoms with Gasteiger partial charge in [0.05, 0.1) is 27.2 Å². The lowest BCUT2D eigenvalue weighted by atomic mass is 10.1. The van der Waals surface area contributed by atoms with Crippen molar-refractivity contribution < 1.29 is 19.0 Å². The molecule has 0 aliphatic carbocycles. The maximum atomic E-state index is 11.9. The molecule has 0 saturated carbocycles. The third kappa shape index (κ3) is 5.29. The summed E-state index contributed by atoms with van der Waals surface area (Å²) < 4.78 is 15.7. The zero-order valence-corrected chi connectivity index (χ0v) is 13.5. The van der Waals surface area contributed by atoms with Crippen LogP contribution < -0.4 is 9.47 Å². The van der Waals surface area contributed by atoms with Gasteiger partial charge in [-0.05, 0) is 42.2 Å². The van der Waals surface area contributed by atoms with Crippen LogP contribution in [0, 0.1) is 0 Å². The highest BCUT2D eigenvalue weighted by atomic mass is 16.5. The zero-order valence-electron chi connectivity index (χ0n) is 13.5. The van der Waals surface area contributed by atoms with E-state index in [-0.39, 0.29) is 12.4 Å². The van der Waals surface area contributed by atoms with E-state index in [2.05, 4.69) is 4.98 Å². The normalized spacial score (nSPS) is 10.2. The first kappa shape index (κ1) is 16.8. The second-order valence-corrected chi connectivity index (χ2v) is 5.05. The summed E-state index contributed by atoms with van der Waals surface area (Å²) in [6.45, 7) is 0.404. The summed E-state index contributed by atoms with van der Waals surface area (Å²) in [6.07, 6.45) is 5.41. The molecule has 0 fully saturated rings. The monoisotopic (exact) mass is 315 g/mol. The Morgan fingerprint density at radius 2 is 1.91 bits per heavy atom. The van der Waals surface area contributed by atoms with Crippen molar-refractivity contribution in [3.63, 3.8) is 0 Å². The largest absolute Gasteiger partial charge is 0.493 e. The fraction of sp³-hybridized carbons (Fsp3) is 0.333. The molecule has 0 radical (unpaired) electrons.